The van der Waals surface area contributed by atoms with Crippen LogP contribution in [0.25, 0.3) is 0 Å². The number of carbonyl (C=O) groups excluding carboxylic acids is 1. The van der Waals surface area contributed by atoms with Crippen LogP contribution >= 0.6 is 12.4 Å². The third-order valence-electron chi connectivity index (χ3n) is 4.72. The minimum atomic E-state index is -3.68. The topological polar surface area (TPSA) is 76.8 Å². The number of likely N-dealkylation sites (tertiary alicyclic amines) is 1. The molecule has 2 aromatic carbocycles. The largest absolute Gasteiger partial charge is 0.586 e. The van der Waals surface area contributed by atoms with Crippen LogP contribution in [0.1, 0.15) is 11.5 Å². The van der Waals surface area contributed by atoms with Crippen LogP contribution in [0.5, 0.6) is 11.5 Å². The van der Waals surface area contributed by atoms with Crippen LogP contribution in [0.3, 0.4) is 0 Å². The summed E-state index contributed by atoms with van der Waals surface area (Å²) in [5, 5.41) is 2.69. The number of benzene rings is 2. The van der Waals surface area contributed by atoms with Crippen molar-refractivity contribution >= 4 is 24.0 Å². The molecule has 2 aliphatic heterocycles. The van der Waals surface area contributed by atoms with Crippen molar-refractivity contribution in [3.8, 4) is 11.5 Å². The van der Waals surface area contributed by atoms with Gasteiger partial charge in [-0.15, -0.1) is 21.2 Å². The quantitative estimate of drug-likeness (QED) is 0.809. The Hall–Kier alpha value is -2.42. The van der Waals surface area contributed by atoms with Crippen molar-refractivity contribution in [3.05, 3.63) is 54.1 Å². The molecule has 2 atom stereocenters. The number of hydrogen-bond acceptors (Lipinski definition) is 5. The zero-order valence-electron chi connectivity index (χ0n) is 14.8. The summed E-state index contributed by atoms with van der Waals surface area (Å²) in [7, 11) is 0. The normalized spacial score (nSPS) is 22.5. The summed E-state index contributed by atoms with van der Waals surface area (Å²) in [4.78, 5) is 14.3. The molecule has 2 aliphatic rings. The van der Waals surface area contributed by atoms with Crippen molar-refractivity contribution in [2.75, 3.05) is 25.0 Å². The molecule has 3 N–H and O–H groups in total. The number of nitrogens with one attached hydrogen (secondary N) is 1. The number of rotatable bonds is 4. The maximum atomic E-state index is 13.1. The SMILES string of the molecule is Cl.N[C@@H]1CN(CC(=O)Nc2ccc3c(c2)OC(F)(F)O3)C[C@H]1c1ccccc1. The second-order valence-electron chi connectivity index (χ2n) is 6.75. The number of fused-ring (bicyclic) bond motifs is 1. The Balaban J connectivity index is 0.00000225. The monoisotopic (exact) mass is 411 g/mol. The van der Waals surface area contributed by atoms with Gasteiger partial charge >= 0.3 is 6.29 Å². The number of hydrogen-bond donors (Lipinski definition) is 2. The predicted molar refractivity (Wildman–Crippen MR) is 102 cm³/mol. The lowest BCUT2D eigenvalue weighted by Gasteiger charge is -2.16. The average Bonchev–Trinajstić information content (AvgIpc) is 3.12. The summed E-state index contributed by atoms with van der Waals surface area (Å²) < 4.78 is 34.9. The lowest BCUT2D eigenvalue weighted by molar-refractivity contribution is -0.286. The summed E-state index contributed by atoms with van der Waals surface area (Å²) >= 11 is 0. The first-order valence-electron chi connectivity index (χ1n) is 8.62. The van der Waals surface area contributed by atoms with E-state index < -0.39 is 6.29 Å². The molecule has 2 heterocycles. The number of amides is 1. The fraction of sp³-hybridized carbons (Fsp3) is 0.316. The summed E-state index contributed by atoms with van der Waals surface area (Å²) in [5.41, 5.74) is 7.76. The van der Waals surface area contributed by atoms with Gasteiger partial charge in [0.1, 0.15) is 0 Å². The highest BCUT2D eigenvalue weighted by Crippen LogP contribution is 2.42. The molecular formula is C19H20ClF2N3O3. The van der Waals surface area contributed by atoms with E-state index in [2.05, 4.69) is 14.8 Å². The number of anilines is 1. The van der Waals surface area contributed by atoms with E-state index in [-0.39, 0.29) is 48.3 Å². The highest BCUT2D eigenvalue weighted by atomic mass is 35.5. The first-order valence-corrected chi connectivity index (χ1v) is 8.62. The van der Waals surface area contributed by atoms with Crippen molar-refractivity contribution in [2.45, 2.75) is 18.3 Å². The van der Waals surface area contributed by atoms with Gasteiger partial charge in [-0.05, 0) is 17.7 Å². The number of nitrogens with two attached hydrogens (primary N) is 1. The molecule has 1 fully saturated rings. The molecule has 0 radical (unpaired) electrons. The molecular weight excluding hydrogens is 392 g/mol. The van der Waals surface area contributed by atoms with E-state index in [4.69, 9.17) is 5.73 Å². The molecule has 2 aromatic rings. The minimum absolute atomic E-state index is 0. The molecule has 0 bridgehead atoms. The molecule has 0 unspecified atom stereocenters. The van der Waals surface area contributed by atoms with Gasteiger partial charge < -0.3 is 20.5 Å². The summed E-state index contributed by atoms with van der Waals surface area (Å²) in [6.07, 6.45) is -3.68. The van der Waals surface area contributed by atoms with Gasteiger partial charge in [0.25, 0.3) is 0 Å². The van der Waals surface area contributed by atoms with Crippen LogP contribution in [0.15, 0.2) is 48.5 Å². The van der Waals surface area contributed by atoms with E-state index in [1.54, 1.807) is 0 Å². The molecule has 28 heavy (non-hydrogen) atoms. The van der Waals surface area contributed by atoms with Crippen molar-refractivity contribution in [1.82, 2.24) is 4.90 Å². The third-order valence-corrected chi connectivity index (χ3v) is 4.72. The van der Waals surface area contributed by atoms with Crippen molar-refractivity contribution in [1.29, 1.82) is 0 Å². The minimum Gasteiger partial charge on any atom is -0.395 e. The fourth-order valence-corrected chi connectivity index (χ4v) is 3.53. The van der Waals surface area contributed by atoms with Crippen LogP contribution in [0, 0.1) is 0 Å². The van der Waals surface area contributed by atoms with Crippen molar-refractivity contribution in [3.63, 3.8) is 0 Å². The van der Waals surface area contributed by atoms with Crippen LogP contribution in [-0.4, -0.2) is 42.8 Å². The zero-order chi connectivity index (χ0) is 19.0. The lowest BCUT2D eigenvalue weighted by Crippen LogP contribution is -2.33. The Morgan fingerprint density at radius 2 is 1.86 bits per heavy atom. The Labute approximate surface area is 167 Å². The van der Waals surface area contributed by atoms with Crippen LogP contribution in [-0.2, 0) is 4.79 Å². The molecule has 0 spiro atoms. The van der Waals surface area contributed by atoms with E-state index in [1.165, 1.54) is 18.2 Å². The molecule has 150 valence electrons. The van der Waals surface area contributed by atoms with Gasteiger partial charge in [0.05, 0.1) is 6.54 Å². The van der Waals surface area contributed by atoms with Gasteiger partial charge in [-0.25, -0.2) is 0 Å². The van der Waals surface area contributed by atoms with E-state index >= 15 is 0 Å². The number of alkyl halides is 2. The Morgan fingerprint density at radius 3 is 2.61 bits per heavy atom. The van der Waals surface area contributed by atoms with E-state index in [9.17, 15) is 13.6 Å². The Kier molecular flexibility index (Phi) is 5.74. The second-order valence-corrected chi connectivity index (χ2v) is 6.75. The molecule has 0 aliphatic carbocycles. The van der Waals surface area contributed by atoms with Gasteiger partial charge in [0.15, 0.2) is 11.5 Å². The smallest absolute Gasteiger partial charge is 0.395 e. The molecule has 4 rings (SSSR count). The highest BCUT2D eigenvalue weighted by molar-refractivity contribution is 5.92. The summed E-state index contributed by atoms with van der Waals surface area (Å²) in [5.74, 6) is -0.243. The Morgan fingerprint density at radius 1 is 1.14 bits per heavy atom. The van der Waals surface area contributed by atoms with Gasteiger partial charge in [0, 0.05) is 36.8 Å². The number of nitrogens with zero attached hydrogens (tertiary/aromatic N) is 1. The van der Waals surface area contributed by atoms with Crippen LogP contribution in [0.4, 0.5) is 14.5 Å². The maximum absolute atomic E-state index is 13.1. The van der Waals surface area contributed by atoms with E-state index in [1.807, 2.05) is 35.2 Å². The van der Waals surface area contributed by atoms with E-state index in [0.717, 1.165) is 5.56 Å². The molecule has 0 aromatic heterocycles. The molecule has 9 heteroatoms. The number of carbonyl (C=O) groups is 1. The summed E-state index contributed by atoms with van der Waals surface area (Å²) in [6, 6.07) is 14.1. The number of halogens is 3. The lowest BCUT2D eigenvalue weighted by atomic mass is 9.95. The first kappa shape index (κ1) is 20.3. The molecule has 1 amide bonds. The van der Waals surface area contributed by atoms with Crippen molar-refractivity contribution < 1.29 is 23.0 Å². The molecule has 6 nitrogen and oxygen atoms in total. The van der Waals surface area contributed by atoms with Gasteiger partial charge in [-0.3, -0.25) is 9.69 Å². The van der Waals surface area contributed by atoms with E-state index in [0.29, 0.717) is 18.8 Å². The third kappa shape index (κ3) is 4.35. The van der Waals surface area contributed by atoms with Gasteiger partial charge in [0.2, 0.25) is 5.91 Å². The van der Waals surface area contributed by atoms with Gasteiger partial charge in [-0.2, -0.15) is 0 Å². The maximum Gasteiger partial charge on any atom is 0.586 e. The molecule has 0 saturated carbocycles. The van der Waals surface area contributed by atoms with Crippen molar-refractivity contribution in [2.24, 2.45) is 5.73 Å². The van der Waals surface area contributed by atoms with Crippen LogP contribution < -0.4 is 20.5 Å². The fourth-order valence-electron chi connectivity index (χ4n) is 3.53. The summed E-state index contributed by atoms with van der Waals surface area (Å²) in [6.45, 7) is 1.47. The predicted octanol–water partition coefficient (Wildman–Crippen LogP) is 2.80. The standard InChI is InChI=1S/C19H19F2N3O3.ClH/c20-19(21)26-16-7-6-13(8-17(16)27-19)23-18(25)11-24-9-14(15(22)10-24)12-4-2-1-3-5-12;/h1-8,14-15H,9-11,22H2,(H,23,25);1H/t14-,15+;/m0./s1. The average molecular weight is 412 g/mol. The first-order chi connectivity index (χ1) is 12.9. The molecule has 1 saturated heterocycles. The Bertz CT molecular complexity index is 854. The van der Waals surface area contributed by atoms with Gasteiger partial charge in [-0.1, -0.05) is 30.3 Å². The highest BCUT2D eigenvalue weighted by Gasteiger charge is 2.43. The zero-order valence-corrected chi connectivity index (χ0v) is 15.6. The van der Waals surface area contributed by atoms with Crippen LogP contribution in [0.2, 0.25) is 0 Å². The number of ether oxygens (including phenoxy) is 2. The second kappa shape index (κ2) is 7.90.